The molecular formula is C18H25ClN4O2S. The van der Waals surface area contributed by atoms with Crippen LogP contribution >= 0.6 is 23.8 Å². The predicted molar refractivity (Wildman–Crippen MR) is 107 cm³/mol. The maximum Gasteiger partial charge on any atom is 0.257 e. The van der Waals surface area contributed by atoms with E-state index < -0.39 is 0 Å². The molecule has 1 saturated carbocycles. The molecule has 1 aliphatic rings. The quantitative estimate of drug-likeness (QED) is 0.464. The van der Waals surface area contributed by atoms with Crippen molar-refractivity contribution < 1.29 is 9.59 Å². The molecule has 0 radical (unpaired) electrons. The fourth-order valence-corrected chi connectivity index (χ4v) is 3.35. The van der Waals surface area contributed by atoms with Gasteiger partial charge in [-0.1, -0.05) is 38.3 Å². The minimum Gasteiger partial charge on any atom is -0.358 e. The Kier molecular flexibility index (Phi) is 7.66. The highest BCUT2D eigenvalue weighted by Gasteiger charge is 2.27. The molecule has 0 heterocycles. The Balaban J connectivity index is 1.68. The minimum atomic E-state index is -0.387. The number of carbonyl (C=O) groups is 2. The fraction of sp³-hybridized carbons (Fsp3) is 0.500. The average molecular weight is 397 g/mol. The minimum absolute atomic E-state index is 0.159. The van der Waals surface area contributed by atoms with Crippen molar-refractivity contribution in [2.24, 2.45) is 11.8 Å². The van der Waals surface area contributed by atoms with Crippen LogP contribution < -0.4 is 21.5 Å². The van der Waals surface area contributed by atoms with Gasteiger partial charge in [-0.2, -0.15) is 0 Å². The molecule has 8 heteroatoms. The number of halogens is 1. The van der Waals surface area contributed by atoms with Crippen molar-refractivity contribution >= 4 is 40.7 Å². The van der Waals surface area contributed by atoms with Crippen LogP contribution in [0.1, 0.15) is 43.5 Å². The molecule has 0 unspecified atom stereocenters. The number of carbonyl (C=O) groups excluding carboxylic acids is 2. The van der Waals surface area contributed by atoms with Gasteiger partial charge >= 0.3 is 0 Å². The molecule has 0 aliphatic heterocycles. The molecule has 1 aromatic rings. The molecule has 0 saturated heterocycles. The molecule has 0 spiro atoms. The smallest absolute Gasteiger partial charge is 0.257 e. The first-order chi connectivity index (χ1) is 12.4. The first-order valence-electron chi connectivity index (χ1n) is 8.76. The van der Waals surface area contributed by atoms with Crippen molar-refractivity contribution in [2.75, 3.05) is 6.54 Å². The predicted octanol–water partition coefficient (Wildman–Crippen LogP) is 2.39. The number of nitrogens with one attached hydrogen (secondary N) is 4. The van der Waals surface area contributed by atoms with E-state index in [9.17, 15) is 9.59 Å². The number of hydrogen-bond donors (Lipinski definition) is 4. The van der Waals surface area contributed by atoms with Gasteiger partial charge in [-0.3, -0.25) is 20.4 Å². The maximum absolute atomic E-state index is 11.9. The van der Waals surface area contributed by atoms with Crippen molar-refractivity contribution in [3.05, 3.63) is 34.9 Å². The molecule has 0 bridgehead atoms. The third-order valence-electron chi connectivity index (χ3n) is 4.85. The summed E-state index contributed by atoms with van der Waals surface area (Å²) in [7, 11) is 0. The molecule has 2 amide bonds. The van der Waals surface area contributed by atoms with Gasteiger partial charge in [0.05, 0.1) is 6.54 Å². The number of hydrazine groups is 1. The van der Waals surface area contributed by atoms with E-state index in [-0.39, 0.29) is 18.4 Å². The number of hydrogen-bond acceptors (Lipinski definition) is 3. The normalized spacial score (nSPS) is 22.2. The van der Waals surface area contributed by atoms with Gasteiger partial charge < -0.3 is 10.6 Å². The highest BCUT2D eigenvalue weighted by molar-refractivity contribution is 7.80. The van der Waals surface area contributed by atoms with Crippen LogP contribution in [0.3, 0.4) is 0 Å². The zero-order valence-electron chi connectivity index (χ0n) is 15.0. The molecule has 0 aromatic heterocycles. The number of amides is 2. The second-order valence-electron chi connectivity index (χ2n) is 6.71. The second-order valence-corrected chi connectivity index (χ2v) is 7.55. The molecule has 1 fully saturated rings. The Morgan fingerprint density at radius 2 is 1.85 bits per heavy atom. The summed E-state index contributed by atoms with van der Waals surface area (Å²) in [5.74, 6) is 0.448. The van der Waals surface area contributed by atoms with Gasteiger partial charge in [-0.05, 0) is 54.7 Å². The van der Waals surface area contributed by atoms with Crippen molar-refractivity contribution in [1.29, 1.82) is 0 Å². The number of rotatable bonds is 4. The summed E-state index contributed by atoms with van der Waals surface area (Å²) in [6.07, 6.45) is 3.48. The lowest BCUT2D eigenvalue weighted by Crippen LogP contribution is -2.53. The number of thiocarbonyl (C=S) groups is 1. The molecule has 6 nitrogen and oxygen atoms in total. The molecule has 4 N–H and O–H groups in total. The van der Waals surface area contributed by atoms with Crippen molar-refractivity contribution in [1.82, 2.24) is 21.5 Å². The lowest BCUT2D eigenvalue weighted by molar-refractivity contribution is -0.120. The molecule has 2 rings (SSSR count). The van der Waals surface area contributed by atoms with Gasteiger partial charge in [0.2, 0.25) is 0 Å². The van der Waals surface area contributed by atoms with E-state index in [1.807, 2.05) is 0 Å². The highest BCUT2D eigenvalue weighted by Crippen LogP contribution is 2.29. The lowest BCUT2D eigenvalue weighted by Gasteiger charge is -2.35. The number of benzene rings is 1. The van der Waals surface area contributed by atoms with E-state index in [1.165, 1.54) is 12.8 Å². The standard InChI is InChI=1S/C18H25ClN4O2S/c1-11-4-3-5-15(12(11)2)21-18(26)23-22-16(24)10-20-17(25)13-6-8-14(19)9-7-13/h6-9,11-12,15H,3-5,10H2,1-2H3,(H,20,25)(H,22,24)(H2,21,23,26)/t11-,12-,15+/m1/s1. The van der Waals surface area contributed by atoms with Crippen LogP contribution in [0.25, 0.3) is 0 Å². The van der Waals surface area contributed by atoms with Crippen molar-refractivity contribution in [3.63, 3.8) is 0 Å². The molecule has 1 aliphatic carbocycles. The zero-order valence-corrected chi connectivity index (χ0v) is 16.5. The van der Waals surface area contributed by atoms with Crippen LogP contribution in [0.15, 0.2) is 24.3 Å². The Hall–Kier alpha value is -1.86. The van der Waals surface area contributed by atoms with Crippen LogP contribution in [-0.4, -0.2) is 29.5 Å². The van der Waals surface area contributed by atoms with Crippen molar-refractivity contribution in [2.45, 2.75) is 39.2 Å². The van der Waals surface area contributed by atoms with E-state index in [0.29, 0.717) is 33.6 Å². The fourth-order valence-electron chi connectivity index (χ4n) is 3.02. The maximum atomic E-state index is 11.9. The summed E-state index contributed by atoms with van der Waals surface area (Å²) >= 11 is 11.0. The van der Waals surface area contributed by atoms with Crippen LogP contribution in [-0.2, 0) is 4.79 Å². The first kappa shape index (κ1) is 20.5. The van der Waals surface area contributed by atoms with Gasteiger partial charge in [0.1, 0.15) is 0 Å². The van der Waals surface area contributed by atoms with Crippen molar-refractivity contribution in [3.8, 4) is 0 Å². The van der Waals surface area contributed by atoms with Crippen LogP contribution in [0.5, 0.6) is 0 Å². The first-order valence-corrected chi connectivity index (χ1v) is 9.54. The Morgan fingerprint density at radius 3 is 2.54 bits per heavy atom. The second kappa shape index (κ2) is 9.73. The molecule has 26 heavy (non-hydrogen) atoms. The lowest BCUT2D eigenvalue weighted by atomic mass is 9.78. The molecule has 1 aromatic carbocycles. The summed E-state index contributed by atoms with van der Waals surface area (Å²) in [6.45, 7) is 4.31. The monoisotopic (exact) mass is 396 g/mol. The van der Waals surface area contributed by atoms with E-state index in [4.69, 9.17) is 23.8 Å². The highest BCUT2D eigenvalue weighted by atomic mass is 35.5. The van der Waals surface area contributed by atoms with Gasteiger partial charge in [0, 0.05) is 16.6 Å². The Morgan fingerprint density at radius 1 is 1.15 bits per heavy atom. The molecule has 3 atom stereocenters. The summed E-state index contributed by atoms with van der Waals surface area (Å²) in [5, 5.41) is 6.72. The SMILES string of the molecule is C[C@@H]1[C@H](C)CCC[C@@H]1NC(=S)NNC(=O)CNC(=O)c1ccc(Cl)cc1. The summed E-state index contributed by atoms with van der Waals surface area (Å²) < 4.78 is 0. The van der Waals surface area contributed by atoms with Crippen LogP contribution in [0.4, 0.5) is 0 Å². The van der Waals surface area contributed by atoms with Gasteiger partial charge in [0.25, 0.3) is 11.8 Å². The summed E-state index contributed by atoms with van der Waals surface area (Å²) in [4.78, 5) is 23.8. The summed E-state index contributed by atoms with van der Waals surface area (Å²) in [5.41, 5.74) is 5.61. The van der Waals surface area contributed by atoms with Gasteiger partial charge in [-0.25, -0.2) is 0 Å². The van der Waals surface area contributed by atoms with E-state index in [0.717, 1.165) is 6.42 Å². The van der Waals surface area contributed by atoms with E-state index >= 15 is 0 Å². The van der Waals surface area contributed by atoms with E-state index in [2.05, 4.69) is 35.3 Å². The molecule has 142 valence electrons. The molecular weight excluding hydrogens is 372 g/mol. The average Bonchev–Trinajstić information content (AvgIpc) is 2.62. The third kappa shape index (κ3) is 6.14. The van der Waals surface area contributed by atoms with E-state index in [1.54, 1.807) is 24.3 Å². The largest absolute Gasteiger partial charge is 0.358 e. The Bertz CT molecular complexity index is 653. The zero-order chi connectivity index (χ0) is 19.1. The van der Waals surface area contributed by atoms with Crippen LogP contribution in [0.2, 0.25) is 5.02 Å². The van der Waals surface area contributed by atoms with Gasteiger partial charge in [-0.15, -0.1) is 0 Å². The van der Waals surface area contributed by atoms with Gasteiger partial charge in [0.15, 0.2) is 5.11 Å². The van der Waals surface area contributed by atoms with Crippen LogP contribution in [0, 0.1) is 11.8 Å². The Labute approximate surface area is 164 Å². The third-order valence-corrected chi connectivity index (χ3v) is 5.33. The topological polar surface area (TPSA) is 82.3 Å². The summed E-state index contributed by atoms with van der Waals surface area (Å²) in [6, 6.07) is 6.74.